The summed E-state index contributed by atoms with van der Waals surface area (Å²) in [5, 5.41) is 8.50. The summed E-state index contributed by atoms with van der Waals surface area (Å²) in [6.07, 6.45) is 0. The molecule has 1 aliphatic heterocycles. The first-order valence-corrected chi connectivity index (χ1v) is 13.3. The first-order chi connectivity index (χ1) is 19.9. The highest BCUT2D eigenvalue weighted by Crippen LogP contribution is 2.32. The van der Waals surface area contributed by atoms with Gasteiger partial charge in [0.05, 0.1) is 31.0 Å². The Morgan fingerprint density at radius 2 is 1.63 bits per heavy atom. The van der Waals surface area contributed by atoms with Gasteiger partial charge >= 0.3 is 0 Å². The average Bonchev–Trinajstić information content (AvgIpc) is 3.61. The quantitative estimate of drug-likeness (QED) is 0.286. The number of carbonyl (C=O) groups is 4. The molecule has 1 atom stereocenters. The van der Waals surface area contributed by atoms with Gasteiger partial charge in [-0.2, -0.15) is 0 Å². The third-order valence-electron chi connectivity index (χ3n) is 6.57. The number of ether oxygens (including phenoxy) is 2. The first kappa shape index (κ1) is 27.5. The largest absolute Gasteiger partial charge is 0.497 e. The van der Waals surface area contributed by atoms with Crippen molar-refractivity contribution in [3.8, 4) is 11.5 Å². The van der Waals surface area contributed by atoms with Gasteiger partial charge in [0.15, 0.2) is 6.04 Å². The Kier molecular flexibility index (Phi) is 8.01. The van der Waals surface area contributed by atoms with Crippen molar-refractivity contribution in [3.63, 3.8) is 0 Å². The van der Waals surface area contributed by atoms with Crippen LogP contribution < -0.4 is 14.8 Å². The summed E-state index contributed by atoms with van der Waals surface area (Å²) in [6.45, 7) is -0.565. The van der Waals surface area contributed by atoms with E-state index in [0.29, 0.717) is 17.2 Å². The molecule has 41 heavy (non-hydrogen) atoms. The van der Waals surface area contributed by atoms with E-state index in [2.05, 4.69) is 14.9 Å². The molecule has 2 heterocycles. The van der Waals surface area contributed by atoms with Gasteiger partial charge in [0.1, 0.15) is 23.7 Å². The lowest BCUT2D eigenvalue weighted by atomic mass is 10.1. The van der Waals surface area contributed by atoms with Crippen LogP contribution in [0.1, 0.15) is 38.0 Å². The molecule has 0 aliphatic carbocycles. The van der Waals surface area contributed by atoms with Crippen LogP contribution in [0.3, 0.4) is 0 Å². The lowest BCUT2D eigenvalue weighted by Crippen LogP contribution is -2.47. The molecular formula is C29H25N5O6S. The Hall–Kier alpha value is -5.10. The monoisotopic (exact) mass is 571 g/mol. The Morgan fingerprint density at radius 1 is 0.951 bits per heavy atom. The minimum Gasteiger partial charge on any atom is -0.497 e. The molecule has 12 heteroatoms. The number of rotatable bonds is 10. The summed E-state index contributed by atoms with van der Waals surface area (Å²) < 4.78 is 14.6. The van der Waals surface area contributed by atoms with E-state index >= 15 is 0 Å². The summed E-state index contributed by atoms with van der Waals surface area (Å²) >= 11 is 1.03. The van der Waals surface area contributed by atoms with Gasteiger partial charge in [-0.25, -0.2) is 0 Å². The minimum atomic E-state index is -1.25. The normalized spacial score (nSPS) is 13.0. The fourth-order valence-corrected chi connectivity index (χ4v) is 5.01. The maximum Gasteiger partial charge on any atom is 0.262 e. The van der Waals surface area contributed by atoms with Crippen LogP contribution in [0, 0.1) is 0 Å². The molecule has 0 spiro atoms. The standard InChI is InChI=1S/C29H25N5O6S/c1-39-19-12-13-22(24(14-19)40-2)30-27(36)26(23-17-41-32-31-23)33(15-18-8-4-3-5-9-18)25(35)16-34-28(37)20-10-6-7-11-21(20)29(34)38/h3-14,17,26H,15-16H2,1-2H3,(H,30,36). The van der Waals surface area contributed by atoms with Crippen LogP contribution in [0.2, 0.25) is 0 Å². The molecule has 1 aliphatic rings. The number of methoxy groups -OCH3 is 2. The number of hydrogen-bond acceptors (Lipinski definition) is 9. The third-order valence-corrected chi connectivity index (χ3v) is 7.09. The molecule has 4 amide bonds. The van der Waals surface area contributed by atoms with E-state index in [4.69, 9.17) is 9.47 Å². The average molecular weight is 572 g/mol. The van der Waals surface area contributed by atoms with Gasteiger partial charge in [-0.15, -0.1) is 5.10 Å². The molecular weight excluding hydrogens is 546 g/mol. The molecule has 4 aromatic rings. The van der Waals surface area contributed by atoms with Crippen LogP contribution in [-0.4, -0.2) is 63.8 Å². The number of amides is 4. The molecule has 0 bridgehead atoms. The van der Waals surface area contributed by atoms with E-state index in [1.54, 1.807) is 47.8 Å². The fourth-order valence-electron chi connectivity index (χ4n) is 4.54. The SMILES string of the molecule is COc1ccc(NC(=O)C(c2csnn2)N(Cc2ccccc2)C(=O)CN2C(=O)c3ccccc3C2=O)c(OC)c1. The predicted octanol–water partition coefficient (Wildman–Crippen LogP) is 3.56. The third kappa shape index (κ3) is 5.63. The van der Waals surface area contributed by atoms with E-state index < -0.39 is 36.2 Å². The van der Waals surface area contributed by atoms with E-state index in [0.717, 1.165) is 22.0 Å². The number of hydrogen-bond donors (Lipinski definition) is 1. The summed E-state index contributed by atoms with van der Waals surface area (Å²) in [5.74, 6) is -1.48. The molecule has 11 nitrogen and oxygen atoms in total. The Labute approximate surface area is 239 Å². The van der Waals surface area contributed by atoms with Gasteiger partial charge in [0.25, 0.3) is 17.7 Å². The summed E-state index contributed by atoms with van der Waals surface area (Å²) in [6, 6.07) is 19.1. The van der Waals surface area contributed by atoms with Gasteiger partial charge in [-0.05, 0) is 41.4 Å². The fraction of sp³-hybridized carbons (Fsp3) is 0.172. The maximum atomic E-state index is 14.0. The van der Waals surface area contributed by atoms with Crippen molar-refractivity contribution in [1.82, 2.24) is 19.4 Å². The topological polar surface area (TPSA) is 131 Å². The molecule has 0 radical (unpaired) electrons. The number of aromatic nitrogens is 2. The molecule has 1 N–H and O–H groups in total. The van der Waals surface area contributed by atoms with Crippen molar-refractivity contribution in [2.24, 2.45) is 0 Å². The van der Waals surface area contributed by atoms with Crippen LogP contribution >= 0.6 is 11.5 Å². The first-order valence-electron chi connectivity index (χ1n) is 12.5. The van der Waals surface area contributed by atoms with Gasteiger partial charge in [-0.3, -0.25) is 24.1 Å². The number of nitrogens with one attached hydrogen (secondary N) is 1. The maximum absolute atomic E-state index is 14.0. The van der Waals surface area contributed by atoms with Crippen molar-refractivity contribution >= 4 is 40.8 Å². The van der Waals surface area contributed by atoms with Gasteiger partial charge in [0.2, 0.25) is 5.91 Å². The number of anilines is 1. The zero-order chi connectivity index (χ0) is 28.9. The van der Waals surface area contributed by atoms with Crippen LogP contribution in [0.4, 0.5) is 5.69 Å². The highest BCUT2D eigenvalue weighted by molar-refractivity contribution is 7.03. The molecule has 0 saturated carbocycles. The van der Waals surface area contributed by atoms with E-state index in [-0.39, 0.29) is 23.4 Å². The zero-order valence-corrected chi connectivity index (χ0v) is 23.0. The summed E-state index contributed by atoms with van der Waals surface area (Å²) in [4.78, 5) is 56.1. The summed E-state index contributed by atoms with van der Waals surface area (Å²) in [5.41, 5.74) is 1.76. The van der Waals surface area contributed by atoms with Gasteiger partial charge in [-0.1, -0.05) is 47.0 Å². The zero-order valence-electron chi connectivity index (χ0n) is 22.1. The van der Waals surface area contributed by atoms with Crippen molar-refractivity contribution in [3.05, 3.63) is 101 Å². The predicted molar refractivity (Wildman–Crippen MR) is 150 cm³/mol. The van der Waals surface area contributed by atoms with E-state index in [1.807, 2.05) is 30.3 Å². The molecule has 3 aromatic carbocycles. The number of benzene rings is 3. The van der Waals surface area contributed by atoms with Crippen LogP contribution in [0.5, 0.6) is 11.5 Å². The van der Waals surface area contributed by atoms with Crippen LogP contribution in [0.25, 0.3) is 0 Å². The molecule has 0 fully saturated rings. The lowest BCUT2D eigenvalue weighted by molar-refractivity contribution is -0.140. The van der Waals surface area contributed by atoms with Gasteiger partial charge < -0.3 is 19.7 Å². The second kappa shape index (κ2) is 12.0. The molecule has 0 saturated heterocycles. The molecule has 1 unspecified atom stereocenters. The second-order valence-electron chi connectivity index (χ2n) is 9.04. The van der Waals surface area contributed by atoms with E-state index in [9.17, 15) is 19.2 Å². The molecule has 208 valence electrons. The van der Waals surface area contributed by atoms with Crippen LogP contribution in [0.15, 0.2) is 78.2 Å². The minimum absolute atomic E-state index is 0.00178. The smallest absolute Gasteiger partial charge is 0.262 e. The number of fused-ring (bicyclic) bond motifs is 1. The van der Waals surface area contributed by atoms with Gasteiger partial charge in [0, 0.05) is 18.0 Å². The van der Waals surface area contributed by atoms with Crippen LogP contribution in [-0.2, 0) is 16.1 Å². The van der Waals surface area contributed by atoms with Crippen molar-refractivity contribution in [2.75, 3.05) is 26.1 Å². The lowest BCUT2D eigenvalue weighted by Gasteiger charge is -2.31. The van der Waals surface area contributed by atoms with E-state index in [1.165, 1.54) is 19.1 Å². The Bertz CT molecular complexity index is 1560. The van der Waals surface area contributed by atoms with Crippen molar-refractivity contribution in [1.29, 1.82) is 0 Å². The Morgan fingerprint density at radius 3 is 2.24 bits per heavy atom. The number of nitrogens with zero attached hydrogens (tertiary/aromatic N) is 4. The molecule has 5 rings (SSSR count). The van der Waals surface area contributed by atoms with Crippen molar-refractivity contribution < 1.29 is 28.7 Å². The number of imide groups is 1. The highest BCUT2D eigenvalue weighted by Gasteiger charge is 2.40. The molecule has 1 aromatic heterocycles. The second-order valence-corrected chi connectivity index (χ2v) is 9.65. The number of carbonyl (C=O) groups excluding carboxylic acids is 4. The summed E-state index contributed by atoms with van der Waals surface area (Å²) in [7, 11) is 2.97. The van der Waals surface area contributed by atoms with Crippen molar-refractivity contribution in [2.45, 2.75) is 12.6 Å². The highest BCUT2D eigenvalue weighted by atomic mass is 32.1. The Balaban J connectivity index is 1.50.